The highest BCUT2D eigenvalue weighted by atomic mass is 19.4. The Morgan fingerprint density at radius 3 is 2.52 bits per heavy atom. The van der Waals surface area contributed by atoms with Crippen LogP contribution in [0.3, 0.4) is 0 Å². The molecule has 0 aliphatic carbocycles. The summed E-state index contributed by atoms with van der Waals surface area (Å²) in [6.45, 7) is 0.813. The Labute approximate surface area is 142 Å². The van der Waals surface area contributed by atoms with E-state index in [9.17, 15) is 22.8 Å². The summed E-state index contributed by atoms with van der Waals surface area (Å²) in [6, 6.07) is 4.59. The number of halogens is 3. The molecule has 138 valence electrons. The van der Waals surface area contributed by atoms with Gasteiger partial charge in [0.15, 0.2) is 0 Å². The quantitative estimate of drug-likeness (QED) is 0.864. The van der Waals surface area contributed by atoms with Gasteiger partial charge in [-0.25, -0.2) is 4.79 Å². The summed E-state index contributed by atoms with van der Waals surface area (Å²) in [5.41, 5.74) is 1.64. The zero-order valence-electron chi connectivity index (χ0n) is 13.8. The second-order valence-electron chi connectivity index (χ2n) is 6.01. The van der Waals surface area contributed by atoms with Crippen LogP contribution in [0.5, 0.6) is 5.75 Å². The van der Waals surface area contributed by atoms with Gasteiger partial charge in [0.1, 0.15) is 5.75 Å². The van der Waals surface area contributed by atoms with Crippen molar-refractivity contribution in [1.29, 1.82) is 0 Å². The number of nitrogens with zero attached hydrogens (tertiary/aromatic N) is 1. The van der Waals surface area contributed by atoms with Crippen molar-refractivity contribution in [2.24, 2.45) is 11.8 Å². The van der Waals surface area contributed by atoms with Crippen molar-refractivity contribution in [3.63, 3.8) is 0 Å². The first-order chi connectivity index (χ1) is 11.6. The predicted octanol–water partition coefficient (Wildman–Crippen LogP) is 2.41. The summed E-state index contributed by atoms with van der Waals surface area (Å²) < 4.78 is 44.0. The van der Waals surface area contributed by atoms with Gasteiger partial charge in [0.05, 0.1) is 18.9 Å². The van der Waals surface area contributed by atoms with Crippen LogP contribution in [-0.4, -0.2) is 48.4 Å². The SMILES string of the molecule is COc1cc(C)cc(CNC(=O)N2C[C@@H](C(F)(F)F)[C@H](C(=O)O)C2)c1. The van der Waals surface area contributed by atoms with Gasteiger partial charge in [-0.05, 0) is 30.2 Å². The van der Waals surface area contributed by atoms with Crippen molar-refractivity contribution >= 4 is 12.0 Å². The van der Waals surface area contributed by atoms with E-state index in [1.165, 1.54) is 7.11 Å². The number of benzene rings is 1. The summed E-state index contributed by atoms with van der Waals surface area (Å²) in [7, 11) is 1.50. The number of methoxy groups -OCH3 is 1. The molecule has 0 saturated carbocycles. The molecule has 2 amide bonds. The molecule has 25 heavy (non-hydrogen) atoms. The number of hydrogen-bond acceptors (Lipinski definition) is 3. The van der Waals surface area contributed by atoms with Crippen LogP contribution < -0.4 is 10.1 Å². The molecule has 9 heteroatoms. The number of nitrogens with one attached hydrogen (secondary N) is 1. The van der Waals surface area contributed by atoms with Crippen molar-refractivity contribution in [3.05, 3.63) is 29.3 Å². The van der Waals surface area contributed by atoms with Gasteiger partial charge in [-0.1, -0.05) is 6.07 Å². The lowest BCUT2D eigenvalue weighted by Gasteiger charge is -2.19. The molecule has 1 aromatic rings. The largest absolute Gasteiger partial charge is 0.497 e. The van der Waals surface area contributed by atoms with Gasteiger partial charge < -0.3 is 20.1 Å². The van der Waals surface area contributed by atoms with E-state index in [1.54, 1.807) is 12.1 Å². The molecule has 0 unspecified atom stereocenters. The fourth-order valence-corrected chi connectivity index (χ4v) is 2.89. The number of likely N-dealkylation sites (tertiary alicyclic amines) is 1. The minimum atomic E-state index is -4.66. The van der Waals surface area contributed by atoms with E-state index < -0.39 is 43.1 Å². The number of carbonyl (C=O) groups is 2. The first kappa shape index (κ1) is 18.9. The Morgan fingerprint density at radius 2 is 2.00 bits per heavy atom. The van der Waals surface area contributed by atoms with E-state index in [0.717, 1.165) is 16.0 Å². The normalized spacial score (nSPS) is 20.4. The molecule has 6 nitrogen and oxygen atoms in total. The molecule has 0 bridgehead atoms. The summed E-state index contributed by atoms with van der Waals surface area (Å²) in [6.07, 6.45) is -4.66. The van der Waals surface area contributed by atoms with Crippen molar-refractivity contribution in [2.75, 3.05) is 20.2 Å². The van der Waals surface area contributed by atoms with Gasteiger partial charge in [0, 0.05) is 19.6 Å². The van der Waals surface area contributed by atoms with Crippen LogP contribution in [0.25, 0.3) is 0 Å². The number of amides is 2. The van der Waals surface area contributed by atoms with E-state index in [0.29, 0.717) is 5.75 Å². The minimum Gasteiger partial charge on any atom is -0.497 e. The number of aryl methyl sites for hydroxylation is 1. The monoisotopic (exact) mass is 360 g/mol. The van der Waals surface area contributed by atoms with Gasteiger partial charge in [-0.2, -0.15) is 13.2 Å². The predicted molar refractivity (Wildman–Crippen MR) is 82.2 cm³/mol. The highest BCUT2D eigenvalue weighted by Crippen LogP contribution is 2.37. The molecule has 1 fully saturated rings. The number of urea groups is 1. The van der Waals surface area contributed by atoms with Gasteiger partial charge in [0.25, 0.3) is 0 Å². The van der Waals surface area contributed by atoms with Crippen LogP contribution in [0.2, 0.25) is 0 Å². The van der Waals surface area contributed by atoms with E-state index in [4.69, 9.17) is 9.84 Å². The highest BCUT2D eigenvalue weighted by Gasteiger charge is 2.53. The second kappa shape index (κ2) is 7.20. The molecule has 2 atom stereocenters. The molecule has 0 radical (unpaired) electrons. The number of aliphatic carboxylic acids is 1. The molecule has 1 aliphatic heterocycles. The zero-order chi connectivity index (χ0) is 18.8. The molecule has 1 aliphatic rings. The molecular formula is C16H19F3N2O4. The van der Waals surface area contributed by atoms with E-state index in [2.05, 4.69) is 5.32 Å². The fraction of sp³-hybridized carbons (Fsp3) is 0.500. The number of carbonyl (C=O) groups excluding carboxylic acids is 1. The van der Waals surface area contributed by atoms with E-state index in [1.807, 2.05) is 13.0 Å². The Hall–Kier alpha value is -2.45. The van der Waals surface area contributed by atoms with Crippen LogP contribution in [0.4, 0.5) is 18.0 Å². The summed E-state index contributed by atoms with van der Waals surface area (Å²) in [4.78, 5) is 24.1. The topological polar surface area (TPSA) is 78.9 Å². The number of alkyl halides is 3. The third kappa shape index (κ3) is 4.55. The van der Waals surface area contributed by atoms with E-state index in [-0.39, 0.29) is 6.54 Å². The average Bonchev–Trinajstić information content (AvgIpc) is 2.98. The van der Waals surface area contributed by atoms with Crippen molar-refractivity contribution in [1.82, 2.24) is 10.2 Å². The zero-order valence-corrected chi connectivity index (χ0v) is 13.8. The van der Waals surface area contributed by atoms with Gasteiger partial charge in [-0.15, -0.1) is 0 Å². The van der Waals surface area contributed by atoms with Crippen LogP contribution in [0.1, 0.15) is 11.1 Å². The van der Waals surface area contributed by atoms with Crippen LogP contribution in [-0.2, 0) is 11.3 Å². The molecule has 2 N–H and O–H groups in total. The van der Waals surface area contributed by atoms with Gasteiger partial charge >= 0.3 is 18.2 Å². The first-order valence-electron chi connectivity index (χ1n) is 7.58. The third-order valence-electron chi connectivity index (χ3n) is 4.13. The third-order valence-corrected chi connectivity index (χ3v) is 4.13. The number of ether oxygens (including phenoxy) is 1. The van der Waals surface area contributed by atoms with E-state index >= 15 is 0 Å². The number of rotatable bonds is 4. The number of carboxylic acid groups (broad SMARTS) is 1. The molecule has 0 spiro atoms. The summed E-state index contributed by atoms with van der Waals surface area (Å²) >= 11 is 0. The lowest BCUT2D eigenvalue weighted by atomic mass is 9.96. The second-order valence-corrected chi connectivity index (χ2v) is 6.01. The molecule has 0 aromatic heterocycles. The molecular weight excluding hydrogens is 341 g/mol. The standard InChI is InChI=1S/C16H19F3N2O4/c1-9-3-10(5-11(4-9)25-2)6-20-15(24)21-7-12(14(22)23)13(8-21)16(17,18)19/h3-5,12-13H,6-8H2,1-2H3,(H,20,24)(H,22,23)/t12-,13-/m1/s1. The average molecular weight is 360 g/mol. The van der Waals surface area contributed by atoms with Gasteiger partial charge in [-0.3, -0.25) is 4.79 Å². The lowest BCUT2D eigenvalue weighted by molar-refractivity contribution is -0.187. The maximum absolute atomic E-state index is 13.0. The van der Waals surface area contributed by atoms with Crippen molar-refractivity contribution in [3.8, 4) is 5.75 Å². The Balaban J connectivity index is 2.02. The van der Waals surface area contributed by atoms with Gasteiger partial charge in [0.2, 0.25) is 0 Å². The maximum Gasteiger partial charge on any atom is 0.394 e. The molecule has 2 rings (SSSR count). The Bertz CT molecular complexity index is 663. The first-order valence-corrected chi connectivity index (χ1v) is 7.58. The number of carboxylic acids is 1. The molecule has 1 heterocycles. The summed E-state index contributed by atoms with van der Waals surface area (Å²) in [5.74, 6) is -4.66. The fourth-order valence-electron chi connectivity index (χ4n) is 2.89. The van der Waals surface area contributed by atoms with Crippen molar-refractivity contribution in [2.45, 2.75) is 19.6 Å². The maximum atomic E-state index is 13.0. The van der Waals surface area contributed by atoms with Crippen LogP contribution >= 0.6 is 0 Å². The Morgan fingerprint density at radius 1 is 1.32 bits per heavy atom. The smallest absolute Gasteiger partial charge is 0.394 e. The molecule has 1 saturated heterocycles. The van der Waals surface area contributed by atoms with Crippen LogP contribution in [0.15, 0.2) is 18.2 Å². The molecule has 1 aromatic carbocycles. The lowest BCUT2D eigenvalue weighted by Crippen LogP contribution is -2.39. The number of hydrogen-bond donors (Lipinski definition) is 2. The van der Waals surface area contributed by atoms with Crippen molar-refractivity contribution < 1.29 is 32.6 Å². The van der Waals surface area contributed by atoms with Crippen LogP contribution in [0, 0.1) is 18.8 Å². The highest BCUT2D eigenvalue weighted by molar-refractivity contribution is 5.77. The Kier molecular flexibility index (Phi) is 5.44. The minimum absolute atomic E-state index is 0.0990. The summed E-state index contributed by atoms with van der Waals surface area (Å²) in [5, 5.41) is 11.5.